The van der Waals surface area contributed by atoms with Gasteiger partial charge in [-0.05, 0) is 31.5 Å². The monoisotopic (exact) mass is 218 g/mol. The molecule has 2 rings (SSSR count). The first kappa shape index (κ1) is 11.6. The maximum Gasteiger partial charge on any atom is 0.0208 e. The van der Waals surface area contributed by atoms with Gasteiger partial charge in [-0.25, -0.2) is 0 Å². The number of hydrogen-bond acceptors (Lipinski definition) is 2. The fourth-order valence-corrected chi connectivity index (χ4v) is 2.37. The van der Waals surface area contributed by atoms with Crippen LogP contribution in [0.5, 0.6) is 0 Å². The van der Waals surface area contributed by atoms with Crippen LogP contribution in [0.25, 0.3) is 0 Å². The summed E-state index contributed by atoms with van der Waals surface area (Å²) in [6, 6.07) is 11.3. The van der Waals surface area contributed by atoms with Crippen molar-refractivity contribution in [1.82, 2.24) is 10.2 Å². The predicted molar refractivity (Wildman–Crippen MR) is 68.4 cm³/mol. The largest absolute Gasteiger partial charge is 0.309 e. The van der Waals surface area contributed by atoms with Crippen LogP contribution in [-0.4, -0.2) is 30.6 Å². The summed E-state index contributed by atoms with van der Waals surface area (Å²) in [6.45, 7) is 6.93. The molecule has 0 radical (unpaired) electrons. The topological polar surface area (TPSA) is 15.3 Å². The zero-order chi connectivity index (χ0) is 11.2. The molecule has 1 aliphatic rings. The molecule has 1 saturated heterocycles. The lowest BCUT2D eigenvalue weighted by Gasteiger charge is -2.32. The molecule has 1 aliphatic heterocycles. The second-order valence-electron chi connectivity index (χ2n) is 4.60. The van der Waals surface area contributed by atoms with Crippen LogP contribution in [0, 0.1) is 0 Å². The van der Waals surface area contributed by atoms with Crippen molar-refractivity contribution < 1.29 is 0 Å². The van der Waals surface area contributed by atoms with Gasteiger partial charge in [0, 0.05) is 19.1 Å². The number of piperidine rings is 1. The van der Waals surface area contributed by atoms with Gasteiger partial charge in [-0.1, -0.05) is 37.3 Å². The summed E-state index contributed by atoms with van der Waals surface area (Å²) in [5.41, 5.74) is 1.39. The van der Waals surface area contributed by atoms with E-state index in [2.05, 4.69) is 47.5 Å². The first-order valence-electron chi connectivity index (χ1n) is 6.38. The Bertz CT molecular complexity index is 297. The minimum atomic E-state index is 0.675. The van der Waals surface area contributed by atoms with E-state index >= 15 is 0 Å². The number of nitrogens with one attached hydrogen (secondary N) is 1. The van der Waals surface area contributed by atoms with E-state index in [1.165, 1.54) is 38.0 Å². The Labute approximate surface area is 98.7 Å². The Balaban J connectivity index is 1.77. The molecule has 1 atom stereocenters. The zero-order valence-corrected chi connectivity index (χ0v) is 10.2. The lowest BCUT2D eigenvalue weighted by molar-refractivity contribution is 0.198. The van der Waals surface area contributed by atoms with E-state index in [9.17, 15) is 0 Å². The molecule has 0 amide bonds. The molecular weight excluding hydrogens is 196 g/mol. The molecule has 0 aromatic heterocycles. The van der Waals surface area contributed by atoms with Gasteiger partial charge in [0.2, 0.25) is 0 Å². The maximum atomic E-state index is 3.66. The summed E-state index contributed by atoms with van der Waals surface area (Å²) in [5, 5.41) is 3.66. The third-order valence-electron chi connectivity index (χ3n) is 3.39. The smallest absolute Gasteiger partial charge is 0.0208 e. The number of benzene rings is 1. The molecule has 2 nitrogen and oxygen atoms in total. The van der Waals surface area contributed by atoms with Crippen LogP contribution in [0.4, 0.5) is 0 Å². The normalized spacial score (nSPS) is 22.2. The zero-order valence-electron chi connectivity index (χ0n) is 10.2. The number of nitrogens with zero attached hydrogens (tertiary/aromatic N) is 1. The standard InChI is InChI=1S/C14H22N2/c1-2-16-10-6-9-14(12-16)15-11-13-7-4-3-5-8-13/h3-5,7-8,14-15H,2,6,9-12H2,1H3. The second kappa shape index (κ2) is 6.02. The Morgan fingerprint density at radius 1 is 1.31 bits per heavy atom. The highest BCUT2D eigenvalue weighted by Gasteiger charge is 2.17. The third-order valence-corrected chi connectivity index (χ3v) is 3.39. The van der Waals surface area contributed by atoms with Crippen molar-refractivity contribution in [3.63, 3.8) is 0 Å². The molecule has 0 spiro atoms. The van der Waals surface area contributed by atoms with E-state index in [1.54, 1.807) is 0 Å². The van der Waals surface area contributed by atoms with Crippen LogP contribution in [0.15, 0.2) is 30.3 Å². The van der Waals surface area contributed by atoms with Gasteiger partial charge in [-0.15, -0.1) is 0 Å². The van der Waals surface area contributed by atoms with E-state index in [1.807, 2.05) is 0 Å². The molecule has 16 heavy (non-hydrogen) atoms. The fraction of sp³-hybridized carbons (Fsp3) is 0.571. The molecule has 1 N–H and O–H groups in total. The predicted octanol–water partition coefficient (Wildman–Crippen LogP) is 2.26. The first-order valence-corrected chi connectivity index (χ1v) is 6.38. The van der Waals surface area contributed by atoms with Gasteiger partial charge in [-0.3, -0.25) is 0 Å². The molecule has 1 unspecified atom stereocenters. The van der Waals surface area contributed by atoms with Gasteiger partial charge in [-0.2, -0.15) is 0 Å². The highest BCUT2D eigenvalue weighted by Crippen LogP contribution is 2.10. The van der Waals surface area contributed by atoms with Crippen molar-refractivity contribution in [2.24, 2.45) is 0 Å². The van der Waals surface area contributed by atoms with Crippen molar-refractivity contribution in [3.05, 3.63) is 35.9 Å². The average molecular weight is 218 g/mol. The minimum Gasteiger partial charge on any atom is -0.309 e. The molecule has 88 valence electrons. The van der Waals surface area contributed by atoms with E-state index in [0.717, 1.165) is 6.54 Å². The van der Waals surface area contributed by atoms with Crippen molar-refractivity contribution in [1.29, 1.82) is 0 Å². The Kier molecular flexibility index (Phi) is 4.37. The van der Waals surface area contributed by atoms with E-state index < -0.39 is 0 Å². The van der Waals surface area contributed by atoms with Gasteiger partial charge < -0.3 is 10.2 Å². The lowest BCUT2D eigenvalue weighted by atomic mass is 10.1. The highest BCUT2D eigenvalue weighted by atomic mass is 15.2. The summed E-state index contributed by atoms with van der Waals surface area (Å²) >= 11 is 0. The fourth-order valence-electron chi connectivity index (χ4n) is 2.37. The maximum absolute atomic E-state index is 3.66. The van der Waals surface area contributed by atoms with Crippen molar-refractivity contribution in [3.8, 4) is 0 Å². The molecule has 1 aromatic carbocycles. The summed E-state index contributed by atoms with van der Waals surface area (Å²) in [4.78, 5) is 2.53. The molecule has 0 saturated carbocycles. The Morgan fingerprint density at radius 3 is 2.88 bits per heavy atom. The second-order valence-corrected chi connectivity index (χ2v) is 4.60. The molecule has 0 aliphatic carbocycles. The summed E-state index contributed by atoms with van der Waals surface area (Å²) < 4.78 is 0. The third kappa shape index (κ3) is 3.32. The van der Waals surface area contributed by atoms with E-state index in [0.29, 0.717) is 6.04 Å². The van der Waals surface area contributed by atoms with Crippen LogP contribution in [-0.2, 0) is 6.54 Å². The van der Waals surface area contributed by atoms with E-state index in [-0.39, 0.29) is 0 Å². The van der Waals surface area contributed by atoms with Gasteiger partial charge in [0.1, 0.15) is 0 Å². The Hall–Kier alpha value is -0.860. The van der Waals surface area contributed by atoms with E-state index in [4.69, 9.17) is 0 Å². The molecular formula is C14H22N2. The van der Waals surface area contributed by atoms with Crippen LogP contribution in [0.3, 0.4) is 0 Å². The number of hydrogen-bond donors (Lipinski definition) is 1. The van der Waals surface area contributed by atoms with Crippen molar-refractivity contribution >= 4 is 0 Å². The molecule has 1 aromatic rings. The van der Waals surface area contributed by atoms with Crippen LogP contribution in [0.2, 0.25) is 0 Å². The average Bonchev–Trinajstić information content (AvgIpc) is 2.38. The van der Waals surface area contributed by atoms with Crippen LogP contribution >= 0.6 is 0 Å². The van der Waals surface area contributed by atoms with Crippen molar-refractivity contribution in [2.75, 3.05) is 19.6 Å². The molecule has 1 heterocycles. The van der Waals surface area contributed by atoms with Gasteiger partial charge >= 0.3 is 0 Å². The Morgan fingerprint density at radius 2 is 2.12 bits per heavy atom. The van der Waals surface area contributed by atoms with Gasteiger partial charge in [0.05, 0.1) is 0 Å². The molecule has 2 heteroatoms. The summed E-state index contributed by atoms with van der Waals surface area (Å²) in [7, 11) is 0. The van der Waals surface area contributed by atoms with Crippen molar-refractivity contribution in [2.45, 2.75) is 32.4 Å². The minimum absolute atomic E-state index is 0.675. The number of likely N-dealkylation sites (N-methyl/N-ethyl adjacent to an activating group) is 1. The molecule has 1 fully saturated rings. The molecule has 0 bridgehead atoms. The number of likely N-dealkylation sites (tertiary alicyclic amines) is 1. The summed E-state index contributed by atoms with van der Waals surface area (Å²) in [6.07, 6.45) is 2.66. The quantitative estimate of drug-likeness (QED) is 0.834. The van der Waals surface area contributed by atoms with Gasteiger partial charge in [0.25, 0.3) is 0 Å². The summed E-state index contributed by atoms with van der Waals surface area (Å²) in [5.74, 6) is 0. The first-order chi connectivity index (χ1) is 7.88. The van der Waals surface area contributed by atoms with Crippen LogP contribution in [0.1, 0.15) is 25.3 Å². The van der Waals surface area contributed by atoms with Crippen LogP contribution < -0.4 is 5.32 Å². The van der Waals surface area contributed by atoms with Gasteiger partial charge in [0.15, 0.2) is 0 Å². The SMILES string of the molecule is CCN1CCCC(NCc2ccccc2)C1. The lowest BCUT2D eigenvalue weighted by Crippen LogP contribution is -2.45. The highest BCUT2D eigenvalue weighted by molar-refractivity contribution is 5.14. The number of rotatable bonds is 4.